The summed E-state index contributed by atoms with van der Waals surface area (Å²) in [6.07, 6.45) is -1.60. The summed E-state index contributed by atoms with van der Waals surface area (Å²) in [6.45, 7) is 0. The van der Waals surface area contributed by atoms with Gasteiger partial charge < -0.3 is 5.11 Å². The lowest BCUT2D eigenvalue weighted by Gasteiger charge is -2.09. The number of alkyl halides is 2. The summed E-state index contributed by atoms with van der Waals surface area (Å²) in [4.78, 5) is 14.2. The molecule has 0 saturated carbocycles. The van der Waals surface area contributed by atoms with Crippen LogP contribution in [0.25, 0.3) is 0 Å². The van der Waals surface area contributed by atoms with Crippen molar-refractivity contribution in [3.63, 3.8) is 0 Å². The molecule has 0 aliphatic rings. The Kier molecular flexibility index (Phi) is 4.62. The van der Waals surface area contributed by atoms with Gasteiger partial charge in [0.05, 0.1) is 12.0 Å². The van der Waals surface area contributed by atoms with E-state index >= 15 is 0 Å². The molecular formula is C8H5F2I2NO2. The molecule has 3 nitrogen and oxygen atoms in total. The van der Waals surface area contributed by atoms with Gasteiger partial charge in [0, 0.05) is 9.77 Å². The Labute approximate surface area is 112 Å². The quantitative estimate of drug-likeness (QED) is 0.583. The predicted octanol–water partition coefficient (Wildman–Crippen LogP) is 2.86. The zero-order valence-electron chi connectivity index (χ0n) is 7.18. The molecule has 0 spiro atoms. The van der Waals surface area contributed by atoms with E-state index in [9.17, 15) is 13.6 Å². The van der Waals surface area contributed by atoms with Crippen molar-refractivity contribution in [2.24, 2.45) is 0 Å². The van der Waals surface area contributed by atoms with Crippen molar-refractivity contribution in [3.8, 4) is 0 Å². The standard InChI is InChI=1S/C8H5F2I2NO2/c9-7(10)5-6(11)3(1-4(14)15)2-13-8(5)12/h2,7H,1H2,(H,14,15). The lowest BCUT2D eigenvalue weighted by Crippen LogP contribution is -2.07. The largest absolute Gasteiger partial charge is 0.481 e. The van der Waals surface area contributed by atoms with Crippen molar-refractivity contribution in [1.29, 1.82) is 0 Å². The summed E-state index contributed by atoms with van der Waals surface area (Å²) in [5, 5.41) is 8.57. The molecule has 0 bridgehead atoms. The minimum atomic E-state index is -2.63. The highest BCUT2D eigenvalue weighted by molar-refractivity contribution is 14.1. The molecule has 0 unspecified atom stereocenters. The van der Waals surface area contributed by atoms with Gasteiger partial charge in [-0.05, 0) is 50.7 Å². The van der Waals surface area contributed by atoms with Gasteiger partial charge in [-0.3, -0.25) is 4.79 Å². The molecule has 15 heavy (non-hydrogen) atoms. The van der Waals surface area contributed by atoms with Crippen molar-refractivity contribution in [2.75, 3.05) is 0 Å². The van der Waals surface area contributed by atoms with Gasteiger partial charge in [0.25, 0.3) is 6.43 Å². The average molecular weight is 439 g/mol. The van der Waals surface area contributed by atoms with Crippen molar-refractivity contribution in [2.45, 2.75) is 12.8 Å². The molecule has 1 rings (SSSR count). The van der Waals surface area contributed by atoms with Gasteiger partial charge in [0.15, 0.2) is 0 Å². The first-order chi connectivity index (χ1) is 6.93. The van der Waals surface area contributed by atoms with Gasteiger partial charge in [-0.2, -0.15) is 0 Å². The van der Waals surface area contributed by atoms with E-state index in [4.69, 9.17) is 5.11 Å². The number of carboxylic acids is 1. The van der Waals surface area contributed by atoms with E-state index in [2.05, 4.69) is 4.98 Å². The van der Waals surface area contributed by atoms with E-state index < -0.39 is 12.4 Å². The van der Waals surface area contributed by atoms with Crippen molar-refractivity contribution >= 4 is 51.2 Å². The Morgan fingerprint density at radius 2 is 2.13 bits per heavy atom. The molecule has 0 aliphatic carbocycles. The second-order valence-electron chi connectivity index (χ2n) is 2.67. The highest BCUT2D eigenvalue weighted by Crippen LogP contribution is 2.30. The van der Waals surface area contributed by atoms with Gasteiger partial charge in [0.2, 0.25) is 0 Å². The van der Waals surface area contributed by atoms with Crippen LogP contribution in [0, 0.1) is 7.27 Å². The first kappa shape index (κ1) is 13.0. The number of halogens is 4. The Hall–Kier alpha value is -0.0600. The number of rotatable bonds is 3. The fraction of sp³-hybridized carbons (Fsp3) is 0.250. The molecule has 0 amide bonds. The third-order valence-electron chi connectivity index (χ3n) is 1.63. The molecule has 0 aromatic carbocycles. The summed E-state index contributed by atoms with van der Waals surface area (Å²) in [6, 6.07) is 0. The first-order valence-electron chi connectivity index (χ1n) is 3.76. The molecule has 1 N–H and O–H groups in total. The number of hydrogen-bond acceptors (Lipinski definition) is 2. The number of carboxylic acid groups (broad SMARTS) is 1. The number of nitrogens with zero attached hydrogens (tertiary/aromatic N) is 1. The molecule has 0 atom stereocenters. The van der Waals surface area contributed by atoms with Crippen LogP contribution in [0.15, 0.2) is 6.20 Å². The Bertz CT molecular complexity index is 398. The lowest BCUT2D eigenvalue weighted by molar-refractivity contribution is -0.136. The monoisotopic (exact) mass is 439 g/mol. The zero-order valence-corrected chi connectivity index (χ0v) is 11.5. The maximum atomic E-state index is 12.6. The zero-order chi connectivity index (χ0) is 11.6. The molecule has 0 saturated heterocycles. The van der Waals surface area contributed by atoms with Gasteiger partial charge in [-0.15, -0.1) is 0 Å². The van der Waals surface area contributed by atoms with Crippen molar-refractivity contribution in [3.05, 3.63) is 24.6 Å². The molecule has 0 fully saturated rings. The average Bonchev–Trinajstić information content (AvgIpc) is 2.09. The predicted molar refractivity (Wildman–Crippen MR) is 66.0 cm³/mol. The number of aromatic nitrogens is 1. The summed E-state index contributed by atoms with van der Waals surface area (Å²) >= 11 is 3.44. The minimum Gasteiger partial charge on any atom is -0.481 e. The Morgan fingerprint density at radius 3 is 2.60 bits per heavy atom. The summed E-state index contributed by atoms with van der Waals surface area (Å²) in [7, 11) is 0. The molecular weight excluding hydrogens is 434 g/mol. The summed E-state index contributed by atoms with van der Waals surface area (Å²) < 4.78 is 25.7. The molecule has 0 aliphatic heterocycles. The lowest BCUT2D eigenvalue weighted by atomic mass is 10.1. The van der Waals surface area contributed by atoms with Gasteiger partial charge in [0.1, 0.15) is 3.70 Å². The fourth-order valence-electron chi connectivity index (χ4n) is 0.996. The highest BCUT2D eigenvalue weighted by atomic mass is 127. The van der Waals surface area contributed by atoms with Crippen molar-refractivity contribution < 1.29 is 18.7 Å². The van der Waals surface area contributed by atoms with Crippen LogP contribution in [-0.4, -0.2) is 16.1 Å². The Morgan fingerprint density at radius 1 is 1.53 bits per heavy atom. The molecule has 0 radical (unpaired) electrons. The van der Waals surface area contributed by atoms with Crippen LogP contribution in [-0.2, 0) is 11.2 Å². The van der Waals surface area contributed by atoms with Crippen molar-refractivity contribution in [1.82, 2.24) is 4.98 Å². The van der Waals surface area contributed by atoms with Gasteiger partial charge in [-0.1, -0.05) is 0 Å². The number of carbonyl (C=O) groups is 1. The van der Waals surface area contributed by atoms with Crippen LogP contribution >= 0.6 is 45.2 Å². The maximum absolute atomic E-state index is 12.6. The fourth-order valence-corrected chi connectivity index (χ4v) is 2.98. The third-order valence-corrected chi connectivity index (χ3v) is 3.77. The molecule has 1 heterocycles. The number of aliphatic carboxylic acids is 1. The molecule has 7 heteroatoms. The van der Waals surface area contributed by atoms with E-state index in [1.54, 1.807) is 45.2 Å². The van der Waals surface area contributed by atoms with E-state index in [0.29, 0.717) is 5.56 Å². The van der Waals surface area contributed by atoms with Gasteiger partial charge >= 0.3 is 5.97 Å². The third kappa shape index (κ3) is 3.20. The highest BCUT2D eigenvalue weighted by Gasteiger charge is 2.20. The first-order valence-corrected chi connectivity index (χ1v) is 5.92. The van der Waals surface area contributed by atoms with Crippen LogP contribution in [0.3, 0.4) is 0 Å². The SMILES string of the molecule is O=C(O)Cc1cnc(I)c(C(F)F)c1I. The number of pyridine rings is 1. The topological polar surface area (TPSA) is 50.2 Å². The van der Waals surface area contributed by atoms with Crippen LogP contribution in [0.4, 0.5) is 8.78 Å². The smallest absolute Gasteiger partial charge is 0.307 e. The molecule has 1 aromatic rings. The van der Waals surface area contributed by atoms with Gasteiger partial charge in [-0.25, -0.2) is 13.8 Å². The van der Waals surface area contributed by atoms with E-state index in [1.807, 2.05) is 0 Å². The van der Waals surface area contributed by atoms with Crippen LogP contribution in [0.2, 0.25) is 0 Å². The second-order valence-corrected chi connectivity index (χ2v) is 4.77. The van der Waals surface area contributed by atoms with Crippen LogP contribution < -0.4 is 0 Å². The molecule has 82 valence electrons. The number of hydrogen-bond donors (Lipinski definition) is 1. The minimum absolute atomic E-state index is 0.185. The van der Waals surface area contributed by atoms with E-state index in [-0.39, 0.29) is 19.3 Å². The summed E-state index contributed by atoms with van der Waals surface area (Å²) in [5.41, 5.74) is 0.133. The second kappa shape index (κ2) is 5.32. The Balaban J connectivity index is 3.22. The molecule has 1 aromatic heterocycles. The summed E-state index contributed by atoms with van der Waals surface area (Å²) in [5.74, 6) is -1.06. The van der Waals surface area contributed by atoms with E-state index in [1.165, 1.54) is 6.20 Å². The van der Waals surface area contributed by atoms with Crippen LogP contribution in [0.5, 0.6) is 0 Å². The van der Waals surface area contributed by atoms with Crippen LogP contribution in [0.1, 0.15) is 17.6 Å². The normalized spacial score (nSPS) is 10.7. The maximum Gasteiger partial charge on any atom is 0.307 e. The van der Waals surface area contributed by atoms with E-state index in [0.717, 1.165) is 0 Å².